The van der Waals surface area contributed by atoms with E-state index >= 15 is 0 Å². The number of hydrogen-bond acceptors (Lipinski definition) is 2. The van der Waals surface area contributed by atoms with Crippen molar-refractivity contribution in [1.29, 1.82) is 0 Å². The van der Waals surface area contributed by atoms with Crippen molar-refractivity contribution in [2.45, 2.75) is 0 Å². The summed E-state index contributed by atoms with van der Waals surface area (Å²) in [4.78, 5) is 21.8. The highest BCUT2D eigenvalue weighted by molar-refractivity contribution is 6.51. The second kappa shape index (κ2) is 2.75. The maximum Gasteiger partial charge on any atom is 0.296 e. The van der Waals surface area contributed by atoms with E-state index in [1.54, 1.807) is 24.3 Å². The van der Waals surface area contributed by atoms with E-state index in [1.165, 1.54) is 0 Å². The fourth-order valence-corrected chi connectivity index (χ4v) is 1.09. The molecule has 0 atom stereocenters. The van der Waals surface area contributed by atoms with E-state index in [1.807, 2.05) is 0 Å². The van der Waals surface area contributed by atoms with Gasteiger partial charge in [-0.25, -0.2) is 0 Å². The Morgan fingerprint density at radius 3 is 2.42 bits per heavy atom. The van der Waals surface area contributed by atoms with Crippen molar-refractivity contribution >= 4 is 17.4 Å². The van der Waals surface area contributed by atoms with Gasteiger partial charge in [0, 0.05) is 0 Å². The van der Waals surface area contributed by atoms with Gasteiger partial charge in [0.15, 0.2) is 0 Å². The summed E-state index contributed by atoms with van der Waals surface area (Å²) in [6.07, 6.45) is 0. The minimum absolute atomic E-state index is 0. The number of Topliss-reactive ketones (excluding diaryl/α,β-unsaturated/α-hetero) is 1. The first-order chi connectivity index (χ1) is 5.29. The largest absolute Gasteiger partial charge is 0.412 e. The first-order valence-electron chi connectivity index (χ1n) is 3.24. The van der Waals surface area contributed by atoms with Crippen LogP contribution in [-0.2, 0) is 4.79 Å². The third-order valence-corrected chi connectivity index (χ3v) is 1.63. The van der Waals surface area contributed by atoms with Gasteiger partial charge in [0.25, 0.3) is 11.7 Å². The number of fused-ring (bicyclic) bond motifs is 1. The van der Waals surface area contributed by atoms with E-state index in [9.17, 15) is 9.59 Å². The lowest BCUT2D eigenvalue weighted by Crippen LogP contribution is -2.12. The van der Waals surface area contributed by atoms with E-state index in [4.69, 9.17) is 0 Å². The monoisotopic (exact) mass is 165 g/mol. The summed E-state index contributed by atoms with van der Waals surface area (Å²) >= 11 is 0. The van der Waals surface area contributed by atoms with Crippen LogP contribution in [0.3, 0.4) is 0 Å². The molecular weight excluding hydrogens is 158 g/mol. The van der Waals surface area contributed by atoms with Crippen LogP contribution >= 0.6 is 0 Å². The van der Waals surface area contributed by atoms with Crippen molar-refractivity contribution in [3.8, 4) is 0 Å². The summed E-state index contributed by atoms with van der Waals surface area (Å²) in [5, 5.41) is 2.46. The van der Waals surface area contributed by atoms with Crippen LogP contribution in [0, 0.1) is 0 Å². The molecule has 4 heteroatoms. The molecule has 3 N–H and O–H groups in total. The average molecular weight is 165 g/mol. The highest BCUT2D eigenvalue weighted by Crippen LogP contribution is 2.21. The van der Waals surface area contributed by atoms with E-state index in [-0.39, 0.29) is 5.48 Å². The summed E-state index contributed by atoms with van der Waals surface area (Å²) in [5.74, 6) is -0.980. The third-order valence-electron chi connectivity index (χ3n) is 1.63. The Morgan fingerprint density at radius 1 is 1.08 bits per heavy atom. The van der Waals surface area contributed by atoms with Gasteiger partial charge < -0.3 is 10.8 Å². The highest BCUT2D eigenvalue weighted by Gasteiger charge is 2.26. The van der Waals surface area contributed by atoms with Crippen LogP contribution in [0.25, 0.3) is 0 Å². The molecule has 1 aliphatic heterocycles. The Balaban J connectivity index is 0.000000720. The maximum atomic E-state index is 11.0. The summed E-state index contributed by atoms with van der Waals surface area (Å²) in [6.45, 7) is 0. The van der Waals surface area contributed by atoms with Crippen molar-refractivity contribution in [3.63, 3.8) is 0 Å². The molecule has 12 heavy (non-hydrogen) atoms. The Bertz CT molecular complexity index is 346. The quantitative estimate of drug-likeness (QED) is 0.549. The van der Waals surface area contributed by atoms with E-state index in [2.05, 4.69) is 5.32 Å². The van der Waals surface area contributed by atoms with Crippen molar-refractivity contribution < 1.29 is 15.1 Å². The SMILES string of the molecule is O.O=C1Nc2ccccc2C1=O. The minimum atomic E-state index is -0.536. The smallest absolute Gasteiger partial charge is 0.296 e. The number of para-hydroxylation sites is 1. The van der Waals surface area contributed by atoms with Crippen LogP contribution in [0.4, 0.5) is 5.69 Å². The topological polar surface area (TPSA) is 77.7 Å². The van der Waals surface area contributed by atoms with Crippen molar-refractivity contribution in [3.05, 3.63) is 29.8 Å². The number of carbonyl (C=O) groups is 2. The molecule has 1 aliphatic rings. The van der Waals surface area contributed by atoms with Crippen molar-refractivity contribution in [2.75, 3.05) is 5.32 Å². The Hall–Kier alpha value is -1.68. The van der Waals surface area contributed by atoms with E-state index in [0.29, 0.717) is 11.3 Å². The third kappa shape index (κ3) is 0.981. The number of nitrogens with one attached hydrogen (secondary N) is 1. The summed E-state index contributed by atoms with van der Waals surface area (Å²) in [6, 6.07) is 6.85. The molecule has 0 aliphatic carbocycles. The van der Waals surface area contributed by atoms with Crippen LogP contribution in [0.1, 0.15) is 10.4 Å². The molecule has 2 rings (SSSR count). The fraction of sp³-hybridized carbons (Fsp3) is 0. The van der Waals surface area contributed by atoms with Crippen LogP contribution in [0.2, 0.25) is 0 Å². The molecule has 0 saturated carbocycles. The molecule has 0 saturated heterocycles. The summed E-state index contributed by atoms with van der Waals surface area (Å²) in [5.41, 5.74) is 1.08. The standard InChI is InChI=1S/C8H5NO2.H2O/c10-7-5-3-1-2-4-6(5)9-8(7)11;/h1-4H,(H,9,10,11);1H2. The Kier molecular flexibility index (Phi) is 1.93. The van der Waals surface area contributed by atoms with Crippen molar-refractivity contribution in [1.82, 2.24) is 0 Å². The summed E-state index contributed by atoms with van der Waals surface area (Å²) in [7, 11) is 0. The fourth-order valence-electron chi connectivity index (χ4n) is 1.09. The van der Waals surface area contributed by atoms with Gasteiger partial charge in [0.2, 0.25) is 0 Å². The molecule has 1 heterocycles. The zero-order valence-corrected chi connectivity index (χ0v) is 6.13. The van der Waals surface area contributed by atoms with E-state index in [0.717, 1.165) is 0 Å². The van der Waals surface area contributed by atoms with Gasteiger partial charge >= 0.3 is 0 Å². The predicted molar refractivity (Wildman–Crippen MR) is 43.0 cm³/mol. The Morgan fingerprint density at radius 2 is 1.75 bits per heavy atom. The minimum Gasteiger partial charge on any atom is -0.412 e. The zero-order valence-electron chi connectivity index (χ0n) is 6.13. The summed E-state index contributed by atoms with van der Waals surface area (Å²) < 4.78 is 0. The highest BCUT2D eigenvalue weighted by atomic mass is 16.2. The number of rotatable bonds is 0. The zero-order chi connectivity index (χ0) is 7.84. The molecule has 1 amide bonds. The lowest BCUT2D eigenvalue weighted by atomic mass is 10.1. The van der Waals surface area contributed by atoms with Crippen LogP contribution in [0.5, 0.6) is 0 Å². The van der Waals surface area contributed by atoms with Gasteiger partial charge in [-0.15, -0.1) is 0 Å². The van der Waals surface area contributed by atoms with Gasteiger partial charge in [0.05, 0.1) is 11.3 Å². The predicted octanol–water partition coefficient (Wildman–Crippen LogP) is -0.00330. The maximum absolute atomic E-state index is 11.0. The molecular formula is C8H7NO3. The molecule has 0 aromatic heterocycles. The van der Waals surface area contributed by atoms with Crippen LogP contribution in [-0.4, -0.2) is 17.2 Å². The number of hydrogen-bond donors (Lipinski definition) is 1. The first kappa shape index (κ1) is 8.42. The number of ketones is 1. The molecule has 0 radical (unpaired) electrons. The average Bonchev–Trinajstić information content (AvgIpc) is 2.30. The second-order valence-electron chi connectivity index (χ2n) is 2.33. The number of amides is 1. The lowest BCUT2D eigenvalue weighted by molar-refractivity contribution is -0.112. The first-order valence-corrected chi connectivity index (χ1v) is 3.24. The lowest BCUT2D eigenvalue weighted by Gasteiger charge is -1.91. The van der Waals surface area contributed by atoms with Crippen LogP contribution < -0.4 is 5.32 Å². The molecule has 1 aromatic carbocycles. The molecule has 0 fully saturated rings. The van der Waals surface area contributed by atoms with Gasteiger partial charge in [-0.2, -0.15) is 0 Å². The molecule has 0 bridgehead atoms. The molecule has 62 valence electrons. The van der Waals surface area contributed by atoms with Gasteiger partial charge in [-0.05, 0) is 12.1 Å². The number of anilines is 1. The number of carbonyl (C=O) groups excluding carboxylic acids is 2. The van der Waals surface area contributed by atoms with E-state index < -0.39 is 11.7 Å². The second-order valence-corrected chi connectivity index (χ2v) is 2.33. The Labute approximate surface area is 68.5 Å². The number of benzene rings is 1. The van der Waals surface area contributed by atoms with Crippen molar-refractivity contribution in [2.24, 2.45) is 0 Å². The normalized spacial score (nSPS) is 13.3. The molecule has 0 spiro atoms. The van der Waals surface area contributed by atoms with Gasteiger partial charge in [-0.1, -0.05) is 12.1 Å². The molecule has 1 aromatic rings. The molecule has 4 nitrogen and oxygen atoms in total. The molecule has 0 unspecified atom stereocenters. The van der Waals surface area contributed by atoms with Crippen LogP contribution in [0.15, 0.2) is 24.3 Å². The van der Waals surface area contributed by atoms with Gasteiger partial charge in [0.1, 0.15) is 0 Å². The van der Waals surface area contributed by atoms with Gasteiger partial charge in [-0.3, -0.25) is 9.59 Å².